The zero-order valence-corrected chi connectivity index (χ0v) is 20.7. The lowest BCUT2D eigenvalue weighted by Gasteiger charge is -2.38. The Morgan fingerprint density at radius 3 is 2.52 bits per heavy atom. The molecule has 1 aromatic carbocycles. The first-order valence-corrected chi connectivity index (χ1v) is 11.0. The molecule has 31 heavy (non-hydrogen) atoms. The largest absolute Gasteiger partial charge is 0.357 e. The number of hydrogen-bond acceptors (Lipinski definition) is 3. The number of nitrogens with one attached hydrogen (secondary N) is 2. The van der Waals surface area contributed by atoms with Crippen molar-refractivity contribution in [3.8, 4) is 0 Å². The van der Waals surface area contributed by atoms with Crippen LogP contribution in [-0.4, -0.2) is 67.5 Å². The van der Waals surface area contributed by atoms with Crippen molar-refractivity contribution in [2.75, 3.05) is 45.8 Å². The average molecular weight is 549 g/mol. The van der Waals surface area contributed by atoms with Crippen molar-refractivity contribution in [2.24, 2.45) is 10.9 Å². The molecule has 1 aromatic rings. The lowest BCUT2D eigenvalue weighted by atomic mass is 9.84. The van der Waals surface area contributed by atoms with Gasteiger partial charge in [-0.05, 0) is 32.8 Å². The van der Waals surface area contributed by atoms with E-state index in [9.17, 15) is 13.6 Å². The van der Waals surface area contributed by atoms with E-state index in [1.54, 1.807) is 0 Å². The van der Waals surface area contributed by atoms with Crippen molar-refractivity contribution < 1.29 is 13.6 Å². The zero-order valence-electron chi connectivity index (χ0n) is 18.4. The Kier molecular flexibility index (Phi) is 10.4. The van der Waals surface area contributed by atoms with Crippen molar-refractivity contribution in [3.05, 3.63) is 35.4 Å². The van der Waals surface area contributed by atoms with Gasteiger partial charge in [-0.2, -0.15) is 0 Å². The van der Waals surface area contributed by atoms with Crippen LogP contribution >= 0.6 is 24.0 Å². The second-order valence-electron chi connectivity index (χ2n) is 8.09. The summed E-state index contributed by atoms with van der Waals surface area (Å²) < 4.78 is 27.2. The van der Waals surface area contributed by atoms with E-state index in [0.29, 0.717) is 30.5 Å². The number of aliphatic imine (C=N–C) groups is 1. The summed E-state index contributed by atoms with van der Waals surface area (Å²) in [4.78, 5) is 21.3. The molecule has 0 spiro atoms. The number of carbonyl (C=O) groups excluding carboxylic acids is 1. The Morgan fingerprint density at radius 2 is 1.94 bits per heavy atom. The molecule has 1 saturated carbocycles. The molecule has 1 heterocycles. The number of nitrogens with zero attached hydrogens (tertiary/aromatic N) is 3. The molecule has 9 heteroatoms. The van der Waals surface area contributed by atoms with Crippen molar-refractivity contribution >= 4 is 35.8 Å². The third-order valence-corrected chi connectivity index (χ3v) is 5.95. The van der Waals surface area contributed by atoms with Gasteiger partial charge >= 0.3 is 0 Å². The summed E-state index contributed by atoms with van der Waals surface area (Å²) in [6.45, 7) is 9.21. The van der Waals surface area contributed by atoms with Crippen LogP contribution in [0.1, 0.15) is 44.7 Å². The Hall–Kier alpha value is -1.49. The van der Waals surface area contributed by atoms with E-state index in [1.165, 1.54) is 18.6 Å². The van der Waals surface area contributed by atoms with Gasteiger partial charge in [-0.25, -0.2) is 8.78 Å². The number of hydrogen-bond donors (Lipinski definition) is 2. The Morgan fingerprint density at radius 1 is 1.23 bits per heavy atom. The number of carbonyl (C=O) groups is 1. The molecule has 0 bridgehead atoms. The first kappa shape index (κ1) is 25.8. The standard InChI is InChI=1S/C22H33F2N5O.HI/c1-3-25-22(27-16(2)19-8-7-18(23)15-20(19)24)26-9-10-28-11-13-29(14-12-28)21(30)17-5-4-6-17;/h7-8,15-17H,3-6,9-14H2,1-2H3,(H2,25,26,27);1H. The number of guanidine groups is 1. The molecule has 1 atom stereocenters. The number of amides is 1. The molecule has 6 nitrogen and oxygen atoms in total. The molecule has 2 fully saturated rings. The smallest absolute Gasteiger partial charge is 0.225 e. The highest BCUT2D eigenvalue weighted by molar-refractivity contribution is 14.0. The van der Waals surface area contributed by atoms with Crippen LogP contribution in [0.2, 0.25) is 0 Å². The number of rotatable bonds is 7. The highest BCUT2D eigenvalue weighted by Gasteiger charge is 2.31. The second kappa shape index (κ2) is 12.5. The fraction of sp³-hybridized carbons (Fsp3) is 0.636. The summed E-state index contributed by atoms with van der Waals surface area (Å²) in [5.74, 6) is 0.0496. The van der Waals surface area contributed by atoms with Crippen LogP contribution in [-0.2, 0) is 4.79 Å². The van der Waals surface area contributed by atoms with Crippen LogP contribution in [0.5, 0.6) is 0 Å². The highest BCUT2D eigenvalue weighted by atomic mass is 127. The van der Waals surface area contributed by atoms with E-state index in [0.717, 1.165) is 51.6 Å². The molecule has 1 aliphatic carbocycles. The molecule has 2 aliphatic rings. The third-order valence-electron chi connectivity index (χ3n) is 5.95. The van der Waals surface area contributed by atoms with E-state index >= 15 is 0 Å². The Balaban J connectivity index is 0.00000341. The van der Waals surface area contributed by atoms with Gasteiger partial charge in [-0.15, -0.1) is 24.0 Å². The maximum Gasteiger partial charge on any atom is 0.225 e. The predicted molar refractivity (Wildman–Crippen MR) is 130 cm³/mol. The summed E-state index contributed by atoms with van der Waals surface area (Å²) >= 11 is 0. The zero-order chi connectivity index (χ0) is 21.5. The molecule has 1 unspecified atom stereocenters. The monoisotopic (exact) mass is 549 g/mol. The predicted octanol–water partition coefficient (Wildman–Crippen LogP) is 3.14. The topological polar surface area (TPSA) is 60.0 Å². The van der Waals surface area contributed by atoms with Crippen molar-refractivity contribution in [3.63, 3.8) is 0 Å². The maximum atomic E-state index is 14.0. The first-order chi connectivity index (χ1) is 14.5. The molecule has 1 amide bonds. The Labute approximate surface area is 200 Å². The molecule has 1 aliphatic heterocycles. The van der Waals surface area contributed by atoms with E-state index in [4.69, 9.17) is 0 Å². The van der Waals surface area contributed by atoms with Gasteiger partial charge in [0.1, 0.15) is 11.6 Å². The summed E-state index contributed by atoms with van der Waals surface area (Å²) in [6, 6.07) is 3.27. The van der Waals surface area contributed by atoms with Crippen LogP contribution < -0.4 is 10.6 Å². The minimum Gasteiger partial charge on any atom is -0.357 e. The van der Waals surface area contributed by atoms with E-state index in [1.807, 2.05) is 18.7 Å². The number of piperazine rings is 1. The van der Waals surface area contributed by atoms with Crippen LogP contribution in [0.15, 0.2) is 23.2 Å². The van der Waals surface area contributed by atoms with Gasteiger partial charge in [0.15, 0.2) is 5.96 Å². The van der Waals surface area contributed by atoms with Gasteiger partial charge in [-0.1, -0.05) is 12.5 Å². The van der Waals surface area contributed by atoms with E-state index in [-0.39, 0.29) is 35.9 Å². The summed E-state index contributed by atoms with van der Waals surface area (Å²) in [6.07, 6.45) is 3.28. The first-order valence-electron chi connectivity index (χ1n) is 11.0. The van der Waals surface area contributed by atoms with Crippen molar-refractivity contribution in [2.45, 2.75) is 39.2 Å². The fourth-order valence-corrected chi connectivity index (χ4v) is 3.86. The molecule has 2 N–H and O–H groups in total. The van der Waals surface area contributed by atoms with Crippen molar-refractivity contribution in [1.29, 1.82) is 0 Å². The number of benzene rings is 1. The SMILES string of the molecule is CCNC(=NCCN1CCN(C(=O)C2CCC2)CC1)NC(C)c1ccc(F)cc1F.I. The minimum absolute atomic E-state index is 0. The molecule has 1 saturated heterocycles. The van der Waals surface area contributed by atoms with E-state index in [2.05, 4.69) is 20.5 Å². The van der Waals surface area contributed by atoms with Gasteiger partial charge in [-0.3, -0.25) is 14.7 Å². The van der Waals surface area contributed by atoms with Gasteiger partial charge in [0.2, 0.25) is 5.91 Å². The van der Waals surface area contributed by atoms with Gasteiger partial charge in [0.25, 0.3) is 0 Å². The molecule has 0 aromatic heterocycles. The molecule has 0 radical (unpaired) electrons. The lowest BCUT2D eigenvalue weighted by molar-refractivity contribution is -0.139. The molecular formula is C22H34F2IN5O. The Bertz CT molecular complexity index is 751. The summed E-state index contributed by atoms with van der Waals surface area (Å²) in [5, 5.41) is 6.35. The van der Waals surface area contributed by atoms with Crippen LogP contribution in [0.4, 0.5) is 8.78 Å². The normalized spacial score (nSPS) is 18.7. The second-order valence-corrected chi connectivity index (χ2v) is 8.09. The van der Waals surface area contributed by atoms with Crippen LogP contribution in [0, 0.1) is 17.6 Å². The van der Waals surface area contributed by atoms with Crippen LogP contribution in [0.3, 0.4) is 0 Å². The third kappa shape index (κ3) is 7.27. The molecule has 3 rings (SSSR count). The van der Waals surface area contributed by atoms with Crippen molar-refractivity contribution in [1.82, 2.24) is 20.4 Å². The quantitative estimate of drug-likeness (QED) is 0.312. The van der Waals surface area contributed by atoms with Gasteiger partial charge < -0.3 is 15.5 Å². The van der Waals surface area contributed by atoms with Gasteiger partial charge in [0, 0.05) is 56.8 Å². The maximum absolute atomic E-state index is 14.0. The van der Waals surface area contributed by atoms with E-state index < -0.39 is 11.6 Å². The molecular weight excluding hydrogens is 515 g/mol. The molecule has 174 valence electrons. The summed E-state index contributed by atoms with van der Waals surface area (Å²) in [5.41, 5.74) is 0.397. The lowest BCUT2D eigenvalue weighted by Crippen LogP contribution is -2.51. The highest BCUT2D eigenvalue weighted by Crippen LogP contribution is 2.28. The number of halogens is 3. The van der Waals surface area contributed by atoms with Gasteiger partial charge in [0.05, 0.1) is 12.6 Å². The fourth-order valence-electron chi connectivity index (χ4n) is 3.86. The van der Waals surface area contributed by atoms with Crippen LogP contribution in [0.25, 0.3) is 0 Å². The summed E-state index contributed by atoms with van der Waals surface area (Å²) in [7, 11) is 0. The minimum atomic E-state index is -0.585. The average Bonchev–Trinajstić information content (AvgIpc) is 2.67.